The number of carbonyl (C=O) groups is 1. The van der Waals surface area contributed by atoms with Crippen molar-refractivity contribution < 1.29 is 9.53 Å². The van der Waals surface area contributed by atoms with Crippen LogP contribution in [0.4, 0.5) is 0 Å². The third-order valence-electron chi connectivity index (χ3n) is 6.17. The predicted octanol–water partition coefficient (Wildman–Crippen LogP) is 3.68. The number of carbonyl (C=O) groups excluding carboxylic acids is 1. The molecule has 2 aromatic heterocycles. The number of methoxy groups -OCH3 is 1. The SMILES string of the molecule is COc1cccc(CC2CCCN2C(=O)c2sc(-c3c(C)c(C)nn(C)c3=O)nc2C)c1. The second-order valence-electron chi connectivity index (χ2n) is 8.30. The van der Waals surface area contributed by atoms with Gasteiger partial charge < -0.3 is 9.64 Å². The lowest BCUT2D eigenvalue weighted by atomic mass is 10.0. The van der Waals surface area contributed by atoms with Gasteiger partial charge in [-0.15, -0.1) is 11.3 Å². The lowest BCUT2D eigenvalue weighted by Crippen LogP contribution is -2.36. The number of hydrogen-bond donors (Lipinski definition) is 0. The van der Waals surface area contributed by atoms with E-state index in [9.17, 15) is 9.59 Å². The van der Waals surface area contributed by atoms with Crippen molar-refractivity contribution in [1.29, 1.82) is 0 Å². The van der Waals surface area contributed by atoms with Gasteiger partial charge in [-0.3, -0.25) is 9.59 Å². The van der Waals surface area contributed by atoms with Crippen LogP contribution in [0.1, 0.15) is 45.0 Å². The van der Waals surface area contributed by atoms with E-state index in [1.807, 2.05) is 43.9 Å². The zero-order chi connectivity index (χ0) is 23.0. The van der Waals surface area contributed by atoms with Gasteiger partial charge in [-0.1, -0.05) is 12.1 Å². The summed E-state index contributed by atoms with van der Waals surface area (Å²) in [5, 5.41) is 4.83. The Morgan fingerprint density at radius 1 is 1.25 bits per heavy atom. The second kappa shape index (κ2) is 8.86. The van der Waals surface area contributed by atoms with Gasteiger partial charge in [0, 0.05) is 19.6 Å². The van der Waals surface area contributed by atoms with Crippen LogP contribution in [-0.4, -0.2) is 45.3 Å². The van der Waals surface area contributed by atoms with Crippen LogP contribution in [-0.2, 0) is 13.5 Å². The number of rotatable bonds is 5. The fourth-order valence-corrected chi connectivity index (χ4v) is 5.44. The molecule has 7 nitrogen and oxygen atoms in total. The first kappa shape index (κ1) is 22.2. The molecular formula is C24H28N4O3S. The van der Waals surface area contributed by atoms with E-state index in [-0.39, 0.29) is 17.5 Å². The molecule has 32 heavy (non-hydrogen) atoms. The summed E-state index contributed by atoms with van der Waals surface area (Å²) in [6.07, 6.45) is 2.74. The molecule has 1 atom stereocenters. The monoisotopic (exact) mass is 452 g/mol. The average molecular weight is 453 g/mol. The number of nitrogens with zero attached hydrogens (tertiary/aromatic N) is 4. The van der Waals surface area contributed by atoms with Crippen LogP contribution in [0.25, 0.3) is 10.6 Å². The van der Waals surface area contributed by atoms with E-state index in [2.05, 4.69) is 16.1 Å². The molecule has 1 fully saturated rings. The minimum atomic E-state index is -0.196. The molecule has 1 amide bonds. The summed E-state index contributed by atoms with van der Waals surface area (Å²) in [6.45, 7) is 6.32. The van der Waals surface area contributed by atoms with E-state index >= 15 is 0 Å². The van der Waals surface area contributed by atoms with Crippen molar-refractivity contribution in [3.63, 3.8) is 0 Å². The average Bonchev–Trinajstić information content (AvgIpc) is 3.39. The number of aromatic nitrogens is 3. The van der Waals surface area contributed by atoms with Gasteiger partial charge >= 0.3 is 0 Å². The number of thiazole rings is 1. The molecule has 3 heterocycles. The van der Waals surface area contributed by atoms with Crippen molar-refractivity contribution in [3.05, 3.63) is 62.0 Å². The molecule has 0 radical (unpaired) electrons. The van der Waals surface area contributed by atoms with E-state index < -0.39 is 0 Å². The van der Waals surface area contributed by atoms with Crippen LogP contribution in [0.5, 0.6) is 5.75 Å². The third kappa shape index (κ3) is 4.07. The van der Waals surface area contributed by atoms with E-state index in [4.69, 9.17) is 4.74 Å². The van der Waals surface area contributed by atoms with Crippen LogP contribution in [0.2, 0.25) is 0 Å². The maximum absolute atomic E-state index is 13.5. The number of amides is 1. The number of benzene rings is 1. The highest BCUT2D eigenvalue weighted by Gasteiger charge is 2.32. The highest BCUT2D eigenvalue weighted by Crippen LogP contribution is 2.32. The van der Waals surface area contributed by atoms with Crippen LogP contribution in [0.15, 0.2) is 29.1 Å². The first-order chi connectivity index (χ1) is 15.3. The Labute approximate surface area is 191 Å². The van der Waals surface area contributed by atoms with Crippen LogP contribution >= 0.6 is 11.3 Å². The largest absolute Gasteiger partial charge is 0.497 e. The standard InChI is InChI=1S/C24H28N4O3S/c1-14-15(2)26-27(4)23(29)20(14)22-25-16(3)21(32-22)24(30)28-11-7-9-18(28)12-17-8-6-10-19(13-17)31-5/h6,8,10,13,18H,7,9,11-12H2,1-5H3. The maximum atomic E-state index is 13.5. The number of aryl methyl sites for hydroxylation is 3. The van der Waals surface area contributed by atoms with Gasteiger partial charge in [-0.05, 0) is 63.3 Å². The van der Waals surface area contributed by atoms with Crippen molar-refractivity contribution in [1.82, 2.24) is 19.7 Å². The number of likely N-dealkylation sites (tertiary alicyclic amines) is 1. The van der Waals surface area contributed by atoms with E-state index in [1.54, 1.807) is 14.2 Å². The quantitative estimate of drug-likeness (QED) is 0.590. The normalized spacial score (nSPS) is 15.9. The minimum absolute atomic E-state index is 0.00287. The summed E-state index contributed by atoms with van der Waals surface area (Å²) in [5.74, 6) is 0.822. The van der Waals surface area contributed by atoms with Gasteiger partial charge in [0.05, 0.1) is 24.1 Å². The summed E-state index contributed by atoms with van der Waals surface area (Å²) in [4.78, 5) is 33.5. The van der Waals surface area contributed by atoms with Crippen molar-refractivity contribution in [3.8, 4) is 16.3 Å². The lowest BCUT2D eigenvalue weighted by Gasteiger charge is -2.24. The molecule has 1 aliphatic rings. The molecule has 1 aromatic carbocycles. The molecule has 1 saturated heterocycles. The van der Waals surface area contributed by atoms with Crippen molar-refractivity contribution in [2.75, 3.05) is 13.7 Å². The van der Waals surface area contributed by atoms with Crippen LogP contribution in [0.3, 0.4) is 0 Å². The molecular weight excluding hydrogens is 424 g/mol. The maximum Gasteiger partial charge on any atom is 0.277 e. The zero-order valence-electron chi connectivity index (χ0n) is 19.1. The molecule has 1 unspecified atom stereocenters. The molecule has 0 saturated carbocycles. The molecule has 3 aromatic rings. The molecule has 0 N–H and O–H groups in total. The highest BCUT2D eigenvalue weighted by molar-refractivity contribution is 7.17. The molecule has 0 aliphatic carbocycles. The first-order valence-electron chi connectivity index (χ1n) is 10.8. The van der Waals surface area contributed by atoms with E-state index in [1.165, 1.54) is 16.0 Å². The molecule has 1 aliphatic heterocycles. The Bertz CT molecular complexity index is 1230. The molecule has 8 heteroatoms. The fraction of sp³-hybridized carbons (Fsp3) is 0.417. The number of ether oxygens (including phenoxy) is 1. The highest BCUT2D eigenvalue weighted by atomic mass is 32.1. The topological polar surface area (TPSA) is 77.3 Å². The van der Waals surface area contributed by atoms with E-state index in [0.29, 0.717) is 21.1 Å². The summed E-state index contributed by atoms with van der Waals surface area (Å²) in [6, 6.07) is 8.15. The molecule has 0 bridgehead atoms. The molecule has 168 valence electrons. The van der Waals surface area contributed by atoms with Gasteiger partial charge in [0.2, 0.25) is 0 Å². The summed E-state index contributed by atoms with van der Waals surface area (Å²) < 4.78 is 6.67. The van der Waals surface area contributed by atoms with Gasteiger partial charge in [-0.25, -0.2) is 9.67 Å². The summed E-state index contributed by atoms with van der Waals surface area (Å²) in [7, 11) is 3.30. The second-order valence-corrected chi connectivity index (χ2v) is 9.30. The van der Waals surface area contributed by atoms with Gasteiger partial charge in [0.25, 0.3) is 11.5 Å². The molecule has 0 spiro atoms. The third-order valence-corrected chi connectivity index (χ3v) is 7.34. The molecule has 4 rings (SSSR count). The van der Waals surface area contributed by atoms with Crippen LogP contribution in [0, 0.1) is 20.8 Å². The summed E-state index contributed by atoms with van der Waals surface area (Å²) in [5.41, 5.74) is 3.73. The van der Waals surface area contributed by atoms with Crippen molar-refractivity contribution >= 4 is 17.2 Å². The Kier molecular flexibility index (Phi) is 6.15. The Hall–Kier alpha value is -3.00. The van der Waals surface area contributed by atoms with Gasteiger partial charge in [-0.2, -0.15) is 5.10 Å². The van der Waals surface area contributed by atoms with Gasteiger partial charge in [0.1, 0.15) is 15.6 Å². The fourth-order valence-electron chi connectivity index (χ4n) is 4.32. The first-order valence-corrected chi connectivity index (χ1v) is 11.6. The predicted molar refractivity (Wildman–Crippen MR) is 126 cm³/mol. The van der Waals surface area contributed by atoms with Crippen molar-refractivity contribution in [2.24, 2.45) is 7.05 Å². The minimum Gasteiger partial charge on any atom is -0.497 e. The Balaban J connectivity index is 1.63. The summed E-state index contributed by atoms with van der Waals surface area (Å²) >= 11 is 1.30. The van der Waals surface area contributed by atoms with Gasteiger partial charge in [0.15, 0.2) is 0 Å². The Morgan fingerprint density at radius 2 is 2.03 bits per heavy atom. The smallest absolute Gasteiger partial charge is 0.277 e. The van der Waals surface area contributed by atoms with Crippen LogP contribution < -0.4 is 10.3 Å². The van der Waals surface area contributed by atoms with Crippen molar-refractivity contribution in [2.45, 2.75) is 46.1 Å². The Morgan fingerprint density at radius 3 is 2.78 bits per heavy atom. The zero-order valence-corrected chi connectivity index (χ0v) is 20.0. The number of hydrogen-bond acceptors (Lipinski definition) is 6. The van der Waals surface area contributed by atoms with E-state index in [0.717, 1.165) is 48.4 Å². The lowest BCUT2D eigenvalue weighted by molar-refractivity contribution is 0.0740.